The van der Waals surface area contributed by atoms with Crippen molar-refractivity contribution >= 4 is 11.9 Å². The van der Waals surface area contributed by atoms with E-state index in [1.54, 1.807) is 37.7 Å². The maximum atomic E-state index is 12.8. The topological polar surface area (TPSA) is 79.7 Å². The summed E-state index contributed by atoms with van der Waals surface area (Å²) in [7, 11) is 1.58. The zero-order valence-corrected chi connectivity index (χ0v) is 16.5. The third-order valence-corrected chi connectivity index (χ3v) is 4.18. The van der Waals surface area contributed by atoms with Gasteiger partial charge in [-0.25, -0.2) is 14.6 Å². The van der Waals surface area contributed by atoms with Gasteiger partial charge in [-0.15, -0.1) is 0 Å². The van der Waals surface area contributed by atoms with E-state index in [0.717, 1.165) is 0 Å². The summed E-state index contributed by atoms with van der Waals surface area (Å²) in [5, 5.41) is 0. The van der Waals surface area contributed by atoms with E-state index in [4.69, 9.17) is 14.2 Å². The molecule has 0 fully saturated rings. The van der Waals surface area contributed by atoms with E-state index in [0.29, 0.717) is 22.8 Å². The SMILES string of the molecule is CCOC(=O)c1nc(-c2ccc(OC)cc2)n(-c2ccccc2)c1C(=O)OCC. The predicted molar refractivity (Wildman–Crippen MR) is 107 cm³/mol. The molecule has 3 aromatic rings. The Morgan fingerprint density at radius 3 is 2.10 bits per heavy atom. The van der Waals surface area contributed by atoms with Crippen molar-refractivity contribution in [3.63, 3.8) is 0 Å². The van der Waals surface area contributed by atoms with Crippen LogP contribution in [-0.4, -0.2) is 41.8 Å². The van der Waals surface area contributed by atoms with Crippen molar-refractivity contribution in [1.82, 2.24) is 9.55 Å². The first-order valence-electron chi connectivity index (χ1n) is 9.27. The number of imidazole rings is 1. The van der Waals surface area contributed by atoms with Gasteiger partial charge in [0.2, 0.25) is 0 Å². The number of ether oxygens (including phenoxy) is 3. The van der Waals surface area contributed by atoms with Crippen LogP contribution in [0.1, 0.15) is 34.8 Å². The van der Waals surface area contributed by atoms with Crippen LogP contribution in [-0.2, 0) is 9.47 Å². The summed E-state index contributed by atoms with van der Waals surface area (Å²) in [6, 6.07) is 16.4. The zero-order valence-electron chi connectivity index (χ0n) is 16.5. The number of benzene rings is 2. The lowest BCUT2D eigenvalue weighted by atomic mass is 10.2. The summed E-state index contributed by atoms with van der Waals surface area (Å²) >= 11 is 0. The van der Waals surface area contributed by atoms with E-state index < -0.39 is 11.9 Å². The average molecular weight is 394 g/mol. The van der Waals surface area contributed by atoms with Gasteiger partial charge in [-0.05, 0) is 50.2 Å². The van der Waals surface area contributed by atoms with Gasteiger partial charge in [-0.1, -0.05) is 18.2 Å². The molecule has 0 N–H and O–H groups in total. The molecule has 7 heteroatoms. The minimum absolute atomic E-state index is 0.0299. The van der Waals surface area contributed by atoms with Crippen molar-refractivity contribution in [3.05, 3.63) is 66.0 Å². The number of carbonyl (C=O) groups excluding carboxylic acids is 2. The number of methoxy groups -OCH3 is 1. The quantitative estimate of drug-likeness (QED) is 0.566. The van der Waals surface area contributed by atoms with Crippen molar-refractivity contribution in [2.75, 3.05) is 20.3 Å². The Labute approximate surface area is 168 Å². The fourth-order valence-corrected chi connectivity index (χ4v) is 2.91. The molecule has 0 radical (unpaired) electrons. The largest absolute Gasteiger partial charge is 0.497 e. The Bertz CT molecular complexity index is 994. The molecule has 0 aliphatic rings. The van der Waals surface area contributed by atoms with E-state index >= 15 is 0 Å². The second-order valence-electron chi connectivity index (χ2n) is 5.97. The first-order chi connectivity index (χ1) is 14.1. The second kappa shape index (κ2) is 9.05. The lowest BCUT2D eigenvalue weighted by molar-refractivity contribution is 0.0469. The van der Waals surface area contributed by atoms with Crippen LogP contribution in [0.2, 0.25) is 0 Å². The van der Waals surface area contributed by atoms with Crippen LogP contribution >= 0.6 is 0 Å². The molecule has 3 rings (SSSR count). The van der Waals surface area contributed by atoms with Gasteiger partial charge in [-0.2, -0.15) is 0 Å². The van der Waals surface area contributed by atoms with E-state index in [9.17, 15) is 9.59 Å². The molecular weight excluding hydrogens is 372 g/mol. The molecule has 2 aromatic carbocycles. The van der Waals surface area contributed by atoms with Crippen molar-refractivity contribution in [3.8, 4) is 22.8 Å². The minimum atomic E-state index is -0.681. The Kier molecular flexibility index (Phi) is 6.29. The molecule has 0 spiro atoms. The Balaban J connectivity index is 2.29. The van der Waals surface area contributed by atoms with Gasteiger partial charge in [0, 0.05) is 11.3 Å². The molecule has 7 nitrogen and oxygen atoms in total. The van der Waals surface area contributed by atoms with Crippen LogP contribution < -0.4 is 4.74 Å². The van der Waals surface area contributed by atoms with Gasteiger partial charge in [0.15, 0.2) is 11.4 Å². The first-order valence-corrected chi connectivity index (χ1v) is 9.27. The van der Waals surface area contributed by atoms with E-state index in [2.05, 4.69) is 4.98 Å². The number of hydrogen-bond donors (Lipinski definition) is 0. The van der Waals surface area contributed by atoms with Crippen molar-refractivity contribution < 1.29 is 23.8 Å². The molecule has 1 heterocycles. The highest BCUT2D eigenvalue weighted by molar-refractivity contribution is 6.02. The highest BCUT2D eigenvalue weighted by atomic mass is 16.5. The smallest absolute Gasteiger partial charge is 0.359 e. The van der Waals surface area contributed by atoms with Crippen LogP contribution in [0.15, 0.2) is 54.6 Å². The Morgan fingerprint density at radius 1 is 0.897 bits per heavy atom. The molecule has 0 unspecified atom stereocenters. The highest BCUT2D eigenvalue weighted by Crippen LogP contribution is 2.29. The fourth-order valence-electron chi connectivity index (χ4n) is 2.91. The van der Waals surface area contributed by atoms with Crippen LogP contribution in [0.4, 0.5) is 0 Å². The summed E-state index contributed by atoms with van der Waals surface area (Å²) in [6.07, 6.45) is 0. The van der Waals surface area contributed by atoms with E-state index in [1.165, 1.54) is 0 Å². The molecule has 1 aromatic heterocycles. The second-order valence-corrected chi connectivity index (χ2v) is 5.97. The number of hydrogen-bond acceptors (Lipinski definition) is 6. The number of rotatable bonds is 7. The molecule has 0 saturated heterocycles. The normalized spacial score (nSPS) is 10.4. The number of nitrogens with zero attached hydrogens (tertiary/aromatic N) is 2. The molecule has 0 amide bonds. The Hall–Kier alpha value is -3.61. The maximum absolute atomic E-state index is 12.8. The third-order valence-electron chi connectivity index (χ3n) is 4.18. The lowest BCUT2D eigenvalue weighted by Gasteiger charge is -2.12. The Morgan fingerprint density at radius 2 is 1.52 bits per heavy atom. The van der Waals surface area contributed by atoms with Gasteiger partial charge in [-0.3, -0.25) is 4.57 Å². The average Bonchev–Trinajstić information content (AvgIpc) is 3.15. The molecule has 150 valence electrons. The van der Waals surface area contributed by atoms with E-state index in [1.807, 2.05) is 42.5 Å². The number of carbonyl (C=O) groups is 2. The molecule has 0 atom stereocenters. The van der Waals surface area contributed by atoms with Gasteiger partial charge < -0.3 is 14.2 Å². The maximum Gasteiger partial charge on any atom is 0.359 e. The van der Waals surface area contributed by atoms with Crippen molar-refractivity contribution in [1.29, 1.82) is 0 Å². The first kappa shape index (κ1) is 20.1. The van der Waals surface area contributed by atoms with E-state index in [-0.39, 0.29) is 24.6 Å². The van der Waals surface area contributed by atoms with Crippen LogP contribution in [0, 0.1) is 0 Å². The van der Waals surface area contributed by atoms with Crippen LogP contribution in [0.25, 0.3) is 17.1 Å². The predicted octanol–water partition coefficient (Wildman–Crippen LogP) is 3.90. The van der Waals surface area contributed by atoms with Crippen LogP contribution in [0.5, 0.6) is 5.75 Å². The summed E-state index contributed by atoms with van der Waals surface area (Å²) in [6.45, 7) is 3.73. The molecule has 0 aliphatic heterocycles. The standard InChI is InChI=1S/C22H22N2O5/c1-4-28-21(25)18-19(22(26)29-5-2)24(16-9-7-6-8-10-16)20(23-18)15-11-13-17(27-3)14-12-15/h6-14H,4-5H2,1-3H3. The monoisotopic (exact) mass is 394 g/mol. The number of esters is 2. The molecule has 29 heavy (non-hydrogen) atoms. The number of aromatic nitrogens is 2. The van der Waals surface area contributed by atoms with Gasteiger partial charge >= 0.3 is 11.9 Å². The highest BCUT2D eigenvalue weighted by Gasteiger charge is 2.30. The minimum Gasteiger partial charge on any atom is -0.497 e. The van der Waals surface area contributed by atoms with Crippen LogP contribution in [0.3, 0.4) is 0 Å². The third kappa shape index (κ3) is 4.13. The molecule has 0 bridgehead atoms. The summed E-state index contributed by atoms with van der Waals surface area (Å²) in [5.41, 5.74) is 1.32. The summed E-state index contributed by atoms with van der Waals surface area (Å²) in [4.78, 5) is 29.9. The zero-order chi connectivity index (χ0) is 20.8. The molecule has 0 aliphatic carbocycles. The van der Waals surface area contributed by atoms with Gasteiger partial charge in [0.25, 0.3) is 0 Å². The van der Waals surface area contributed by atoms with Crippen molar-refractivity contribution in [2.45, 2.75) is 13.8 Å². The number of para-hydroxylation sites is 1. The van der Waals surface area contributed by atoms with Gasteiger partial charge in [0.1, 0.15) is 11.6 Å². The molecule has 0 saturated carbocycles. The fraction of sp³-hybridized carbons (Fsp3) is 0.227. The summed E-state index contributed by atoms with van der Waals surface area (Å²) < 4.78 is 17.2. The lowest BCUT2D eigenvalue weighted by Crippen LogP contribution is -2.17. The van der Waals surface area contributed by atoms with Crippen molar-refractivity contribution in [2.24, 2.45) is 0 Å². The molecular formula is C22H22N2O5. The summed E-state index contributed by atoms with van der Waals surface area (Å²) in [5.74, 6) is -0.223. The van der Waals surface area contributed by atoms with Gasteiger partial charge in [0.05, 0.1) is 20.3 Å².